The maximum Gasteiger partial charge on any atom is 0.170 e. The summed E-state index contributed by atoms with van der Waals surface area (Å²) in [7, 11) is 0. The topological polar surface area (TPSA) is 67.1 Å². The molecule has 0 aliphatic carbocycles. The van der Waals surface area contributed by atoms with Crippen LogP contribution in [0.5, 0.6) is 0 Å². The summed E-state index contributed by atoms with van der Waals surface area (Å²) < 4.78 is 7.30. The van der Waals surface area contributed by atoms with Crippen molar-refractivity contribution in [2.45, 2.75) is 19.1 Å². The number of aldehydes is 1. The van der Waals surface area contributed by atoms with Crippen LogP contribution in [0.15, 0.2) is 24.4 Å². The first-order valence-electron chi connectivity index (χ1n) is 6.66. The lowest BCUT2D eigenvalue weighted by Crippen LogP contribution is -2.50. The number of hydrogen-bond acceptors (Lipinski definition) is 5. The van der Waals surface area contributed by atoms with E-state index in [2.05, 4.69) is 4.98 Å². The van der Waals surface area contributed by atoms with Crippen LogP contribution in [0.25, 0.3) is 5.65 Å². The van der Waals surface area contributed by atoms with E-state index in [4.69, 9.17) is 4.74 Å². The van der Waals surface area contributed by atoms with E-state index in [1.54, 1.807) is 4.40 Å². The molecule has 3 rings (SSSR count). The number of aromatic nitrogens is 2. The highest BCUT2D eigenvalue weighted by molar-refractivity contribution is 5.83. The number of hydrogen-bond donors (Lipinski definition) is 1. The summed E-state index contributed by atoms with van der Waals surface area (Å²) in [6.45, 7) is 3.03. The molecule has 2 atom stereocenters. The van der Waals surface area contributed by atoms with Crippen molar-refractivity contribution in [2.24, 2.45) is 0 Å². The van der Waals surface area contributed by atoms with Crippen LogP contribution in [0.3, 0.4) is 0 Å². The molecule has 0 radical (unpaired) electrons. The third-order valence-electron chi connectivity index (χ3n) is 3.64. The average Bonchev–Trinajstić information content (AvgIpc) is 2.86. The normalized spacial score (nSPS) is 23.2. The number of aliphatic hydroxyl groups excluding tert-OH is 1. The van der Waals surface area contributed by atoms with Gasteiger partial charge in [0.05, 0.1) is 25.4 Å². The van der Waals surface area contributed by atoms with Crippen LogP contribution in [0.1, 0.15) is 17.4 Å². The predicted octanol–water partition coefficient (Wildman–Crippen LogP) is 0.733. The van der Waals surface area contributed by atoms with Crippen molar-refractivity contribution in [2.75, 3.05) is 24.7 Å². The van der Waals surface area contributed by atoms with Gasteiger partial charge in [0, 0.05) is 12.7 Å². The molecule has 0 saturated carbocycles. The van der Waals surface area contributed by atoms with E-state index in [0.29, 0.717) is 24.7 Å². The summed E-state index contributed by atoms with van der Waals surface area (Å²) in [6, 6.07) is 5.73. The van der Waals surface area contributed by atoms with Gasteiger partial charge in [-0.3, -0.25) is 9.20 Å². The first-order chi connectivity index (χ1) is 9.74. The fraction of sp³-hybridized carbons (Fsp3) is 0.429. The number of carbonyl (C=O) groups is 1. The van der Waals surface area contributed by atoms with E-state index in [0.717, 1.165) is 11.9 Å². The number of nitrogens with zero attached hydrogens (tertiary/aromatic N) is 3. The van der Waals surface area contributed by atoms with Crippen LogP contribution in [-0.2, 0) is 4.74 Å². The predicted molar refractivity (Wildman–Crippen MR) is 74.2 cm³/mol. The number of carbonyl (C=O) groups excluding carboxylic acids is 1. The van der Waals surface area contributed by atoms with Gasteiger partial charge in [-0.2, -0.15) is 0 Å². The Morgan fingerprint density at radius 2 is 2.40 bits per heavy atom. The molecule has 1 aliphatic rings. The smallest absolute Gasteiger partial charge is 0.170 e. The maximum atomic E-state index is 11.4. The first-order valence-corrected chi connectivity index (χ1v) is 6.66. The molecule has 106 valence electrons. The molecule has 2 aromatic heterocycles. The average molecular weight is 275 g/mol. The highest BCUT2D eigenvalue weighted by atomic mass is 16.5. The van der Waals surface area contributed by atoms with E-state index in [-0.39, 0.29) is 18.8 Å². The zero-order chi connectivity index (χ0) is 14.1. The highest BCUT2D eigenvalue weighted by Crippen LogP contribution is 2.25. The van der Waals surface area contributed by atoms with Gasteiger partial charge in [0.25, 0.3) is 0 Å². The van der Waals surface area contributed by atoms with Crippen molar-refractivity contribution in [1.29, 1.82) is 0 Å². The summed E-state index contributed by atoms with van der Waals surface area (Å²) in [5.41, 5.74) is 1.27. The lowest BCUT2D eigenvalue weighted by Gasteiger charge is -2.37. The van der Waals surface area contributed by atoms with Crippen LogP contribution < -0.4 is 4.90 Å². The maximum absolute atomic E-state index is 11.4. The van der Waals surface area contributed by atoms with Crippen LogP contribution in [0.2, 0.25) is 0 Å². The van der Waals surface area contributed by atoms with Gasteiger partial charge < -0.3 is 14.7 Å². The highest BCUT2D eigenvalue weighted by Gasteiger charge is 2.29. The Hall–Kier alpha value is -1.92. The summed E-state index contributed by atoms with van der Waals surface area (Å²) >= 11 is 0. The number of imidazole rings is 1. The summed E-state index contributed by atoms with van der Waals surface area (Å²) in [5, 5.41) is 9.26. The van der Waals surface area contributed by atoms with Gasteiger partial charge in [-0.25, -0.2) is 4.98 Å². The molecule has 1 fully saturated rings. The van der Waals surface area contributed by atoms with Gasteiger partial charge in [0.2, 0.25) is 0 Å². The second-order valence-electron chi connectivity index (χ2n) is 5.01. The van der Waals surface area contributed by atoms with Crippen LogP contribution in [0.4, 0.5) is 5.82 Å². The Bertz CT molecular complexity index is 625. The number of ether oxygens (including phenoxy) is 1. The van der Waals surface area contributed by atoms with Crippen molar-refractivity contribution in [3.63, 3.8) is 0 Å². The Morgan fingerprint density at radius 1 is 1.55 bits per heavy atom. The Kier molecular flexibility index (Phi) is 3.42. The van der Waals surface area contributed by atoms with Gasteiger partial charge in [0.15, 0.2) is 12.1 Å². The van der Waals surface area contributed by atoms with E-state index < -0.39 is 0 Å². The number of morpholine rings is 1. The molecule has 0 bridgehead atoms. The number of anilines is 1. The Balaban J connectivity index is 2.06. The number of pyridine rings is 1. The standard InChI is InChI=1S/C14H17N3O3/c1-10-9-20-11(7-18)6-17(10)14-12(8-19)16-5-3-2-4-13(16)15-14/h2-5,8,10-11,18H,6-7,9H2,1H3. The molecule has 1 aliphatic heterocycles. The van der Waals surface area contributed by atoms with E-state index in [1.165, 1.54) is 0 Å². The summed E-state index contributed by atoms with van der Waals surface area (Å²) in [5.74, 6) is 0.653. The van der Waals surface area contributed by atoms with Gasteiger partial charge in [-0.1, -0.05) is 6.07 Å². The van der Waals surface area contributed by atoms with Gasteiger partial charge in [-0.05, 0) is 19.1 Å². The first kappa shape index (κ1) is 13.1. The lowest BCUT2D eigenvalue weighted by atomic mass is 10.2. The Morgan fingerprint density at radius 3 is 3.15 bits per heavy atom. The molecule has 0 amide bonds. The molecule has 6 nitrogen and oxygen atoms in total. The van der Waals surface area contributed by atoms with Gasteiger partial charge in [0.1, 0.15) is 11.3 Å². The van der Waals surface area contributed by atoms with Crippen LogP contribution >= 0.6 is 0 Å². The van der Waals surface area contributed by atoms with Crippen molar-refractivity contribution in [1.82, 2.24) is 9.38 Å². The fourth-order valence-electron chi connectivity index (χ4n) is 2.55. The fourth-order valence-corrected chi connectivity index (χ4v) is 2.55. The molecule has 2 unspecified atom stereocenters. The summed E-state index contributed by atoms with van der Waals surface area (Å²) in [4.78, 5) is 18.0. The molecular formula is C14H17N3O3. The van der Waals surface area contributed by atoms with E-state index in [1.807, 2.05) is 36.2 Å². The molecule has 20 heavy (non-hydrogen) atoms. The van der Waals surface area contributed by atoms with Crippen LogP contribution in [0, 0.1) is 0 Å². The van der Waals surface area contributed by atoms with E-state index in [9.17, 15) is 9.90 Å². The third-order valence-corrected chi connectivity index (χ3v) is 3.64. The van der Waals surface area contributed by atoms with Crippen LogP contribution in [-0.4, -0.2) is 52.7 Å². The summed E-state index contributed by atoms with van der Waals surface area (Å²) in [6.07, 6.45) is 2.41. The largest absolute Gasteiger partial charge is 0.394 e. The minimum atomic E-state index is -0.240. The molecular weight excluding hydrogens is 258 g/mol. The zero-order valence-corrected chi connectivity index (χ0v) is 11.3. The number of aliphatic hydroxyl groups is 1. The van der Waals surface area contributed by atoms with Crippen molar-refractivity contribution < 1.29 is 14.6 Å². The number of fused-ring (bicyclic) bond motifs is 1. The minimum absolute atomic E-state index is 0.0347. The molecule has 2 aromatic rings. The molecule has 1 saturated heterocycles. The van der Waals surface area contributed by atoms with Gasteiger partial charge >= 0.3 is 0 Å². The van der Waals surface area contributed by atoms with Crippen molar-refractivity contribution >= 4 is 17.8 Å². The Labute approximate surface area is 116 Å². The zero-order valence-electron chi connectivity index (χ0n) is 11.3. The monoisotopic (exact) mass is 275 g/mol. The second-order valence-corrected chi connectivity index (χ2v) is 5.01. The second kappa shape index (κ2) is 5.22. The molecule has 0 aromatic carbocycles. The van der Waals surface area contributed by atoms with Crippen molar-refractivity contribution in [3.05, 3.63) is 30.1 Å². The van der Waals surface area contributed by atoms with Crippen molar-refractivity contribution in [3.8, 4) is 0 Å². The van der Waals surface area contributed by atoms with E-state index >= 15 is 0 Å². The number of rotatable bonds is 3. The molecule has 3 heterocycles. The molecule has 0 spiro atoms. The molecule has 1 N–H and O–H groups in total. The SMILES string of the molecule is CC1COC(CO)CN1c1nc2ccccn2c1C=O. The third kappa shape index (κ3) is 2.07. The van der Waals surface area contributed by atoms with Gasteiger partial charge in [-0.15, -0.1) is 0 Å². The minimum Gasteiger partial charge on any atom is -0.394 e. The lowest BCUT2D eigenvalue weighted by molar-refractivity contribution is -0.0105. The quantitative estimate of drug-likeness (QED) is 0.837. The molecule has 6 heteroatoms.